The largest absolute Gasteiger partial charge is 0.382 e. The van der Waals surface area contributed by atoms with Crippen LogP contribution in [0.1, 0.15) is 5.56 Å². The molecule has 12 heteroatoms. The molecular weight excluding hydrogens is 323 g/mol. The lowest BCUT2D eigenvalue weighted by atomic mass is 10.2. The molecule has 0 saturated carbocycles. The molecule has 2 heterocycles. The second-order valence-corrected chi connectivity index (χ2v) is 6.44. The van der Waals surface area contributed by atoms with Crippen molar-refractivity contribution < 1.29 is 34.0 Å². The predicted molar refractivity (Wildman–Crippen MR) is 70.0 cm³/mol. The van der Waals surface area contributed by atoms with E-state index >= 15 is 0 Å². The summed E-state index contributed by atoms with van der Waals surface area (Å²) < 4.78 is 21.1. The minimum absolute atomic E-state index is 0.0865. The van der Waals surface area contributed by atoms with Crippen LogP contribution in [-0.4, -0.2) is 54.7 Å². The normalized spacial score (nSPS) is 29.0. The molecule has 3 atom stereocenters. The number of aryl methyl sites for hydroxylation is 1. The molecule has 1 unspecified atom stereocenters. The highest BCUT2D eigenvalue weighted by atomic mass is 31.2. The van der Waals surface area contributed by atoms with Gasteiger partial charge in [0, 0.05) is 11.8 Å². The third kappa shape index (κ3) is 3.20. The van der Waals surface area contributed by atoms with Crippen LogP contribution in [0.15, 0.2) is 15.8 Å². The van der Waals surface area contributed by atoms with Crippen LogP contribution in [0.2, 0.25) is 0 Å². The van der Waals surface area contributed by atoms with Crippen molar-refractivity contribution >= 4 is 7.60 Å². The van der Waals surface area contributed by atoms with Gasteiger partial charge in [-0.05, 0) is 6.92 Å². The van der Waals surface area contributed by atoms with Gasteiger partial charge in [-0.2, -0.15) is 0 Å². The summed E-state index contributed by atoms with van der Waals surface area (Å²) in [4.78, 5) is 42.4. The third-order valence-corrected chi connectivity index (χ3v) is 3.61. The van der Waals surface area contributed by atoms with Gasteiger partial charge in [-0.15, -0.1) is 0 Å². The second-order valence-electron chi connectivity index (χ2n) is 4.85. The van der Waals surface area contributed by atoms with Gasteiger partial charge in [-0.3, -0.25) is 14.3 Å². The van der Waals surface area contributed by atoms with E-state index < -0.39 is 49.9 Å². The molecule has 0 bridgehead atoms. The molecule has 0 spiro atoms. The van der Waals surface area contributed by atoms with Gasteiger partial charge in [0.2, 0.25) is 0 Å². The number of aromatic nitrogens is 2. The van der Waals surface area contributed by atoms with Crippen molar-refractivity contribution in [3.05, 3.63) is 32.6 Å². The van der Waals surface area contributed by atoms with Gasteiger partial charge in [0.25, 0.3) is 11.5 Å². The van der Waals surface area contributed by atoms with Crippen LogP contribution in [0.4, 0.5) is 0 Å². The zero-order valence-corrected chi connectivity index (χ0v) is 12.3. The Hall–Kier alpha value is -1.33. The lowest BCUT2D eigenvalue weighted by molar-refractivity contribution is -0.278. The lowest BCUT2D eigenvalue weighted by Crippen LogP contribution is -2.52. The van der Waals surface area contributed by atoms with Crippen LogP contribution >= 0.6 is 7.60 Å². The summed E-state index contributed by atoms with van der Waals surface area (Å²) in [6.07, 6.45) is -3.05. The summed E-state index contributed by atoms with van der Waals surface area (Å²) in [5, 5.41) is 20.4. The molecule has 1 aromatic heterocycles. The number of nitrogens with zero attached hydrogens (tertiary/aromatic N) is 1. The minimum Gasteiger partial charge on any atom is -0.382 e. The average molecular weight is 338 g/mol. The van der Waals surface area contributed by atoms with Crippen LogP contribution in [0, 0.1) is 6.92 Å². The number of hydrogen-bond acceptors (Lipinski definition) is 7. The van der Waals surface area contributed by atoms with Crippen molar-refractivity contribution in [2.24, 2.45) is 0 Å². The Morgan fingerprint density at radius 1 is 1.55 bits per heavy atom. The molecule has 124 valence electrons. The summed E-state index contributed by atoms with van der Waals surface area (Å²) in [5.74, 6) is -2.52. The quantitative estimate of drug-likeness (QED) is 0.368. The highest BCUT2D eigenvalue weighted by molar-refractivity contribution is 7.51. The van der Waals surface area contributed by atoms with E-state index in [-0.39, 0.29) is 5.56 Å². The fourth-order valence-corrected chi connectivity index (χ4v) is 2.36. The Morgan fingerprint density at radius 3 is 2.77 bits per heavy atom. The fraction of sp³-hybridized carbons (Fsp3) is 0.600. The molecule has 1 aromatic rings. The van der Waals surface area contributed by atoms with E-state index in [9.17, 15) is 24.4 Å². The van der Waals surface area contributed by atoms with E-state index in [0.717, 1.165) is 6.20 Å². The van der Waals surface area contributed by atoms with Gasteiger partial charge in [0.05, 0.1) is 6.61 Å². The molecular formula is C10H15N2O9P. The topological polar surface area (TPSA) is 171 Å². The number of aromatic amines is 1. The molecule has 2 rings (SSSR count). The number of aliphatic hydroxyl groups excluding tert-OH is 1. The molecule has 0 aliphatic carbocycles. The molecule has 1 saturated heterocycles. The van der Waals surface area contributed by atoms with E-state index in [1.54, 1.807) is 0 Å². The Balaban J connectivity index is 2.29. The van der Waals surface area contributed by atoms with E-state index in [0.29, 0.717) is 4.57 Å². The van der Waals surface area contributed by atoms with Crippen LogP contribution in [-0.2, 0) is 19.9 Å². The molecule has 1 aliphatic rings. The van der Waals surface area contributed by atoms with Gasteiger partial charge < -0.3 is 29.5 Å². The molecule has 5 N–H and O–H groups in total. The fourth-order valence-electron chi connectivity index (χ4n) is 1.97. The first-order chi connectivity index (χ1) is 10.0. The first-order valence-electron chi connectivity index (χ1n) is 6.08. The van der Waals surface area contributed by atoms with Crippen LogP contribution < -0.4 is 11.2 Å². The van der Waals surface area contributed by atoms with Crippen LogP contribution in [0.25, 0.3) is 0 Å². The molecule has 22 heavy (non-hydrogen) atoms. The van der Waals surface area contributed by atoms with Crippen molar-refractivity contribution in [3.8, 4) is 0 Å². The number of rotatable bonds is 4. The van der Waals surface area contributed by atoms with Crippen LogP contribution in [0.5, 0.6) is 0 Å². The lowest BCUT2D eigenvalue weighted by Gasteiger charge is -2.28. The number of nitrogens with one attached hydrogen (secondary N) is 1. The number of hydrogen-bond donors (Lipinski definition) is 5. The SMILES string of the molecule is Cc1cn(C2(O)OC[C@H](OCP(=O)(O)O)[C@H]2O)c(=O)[nH]c1=O. The van der Waals surface area contributed by atoms with Gasteiger partial charge in [-0.25, -0.2) is 9.36 Å². The van der Waals surface area contributed by atoms with Crippen molar-refractivity contribution in [2.45, 2.75) is 25.0 Å². The van der Waals surface area contributed by atoms with Crippen molar-refractivity contribution in [3.63, 3.8) is 0 Å². The first-order valence-corrected chi connectivity index (χ1v) is 7.88. The molecule has 0 radical (unpaired) electrons. The summed E-state index contributed by atoms with van der Waals surface area (Å²) >= 11 is 0. The Bertz CT molecular complexity index is 722. The minimum atomic E-state index is -4.47. The standard InChI is InChI=1S/C10H15N2O9P/c1-5-2-12(9(15)11-8(5)14)10(16)7(13)6(3-21-10)20-4-22(17,18)19/h2,6-7,13,16H,3-4H2,1H3,(H,11,14,15)(H2,17,18,19)/t6-,7+,10?/m0/s1. The van der Waals surface area contributed by atoms with E-state index in [1.807, 2.05) is 4.98 Å². The van der Waals surface area contributed by atoms with Gasteiger partial charge >= 0.3 is 13.3 Å². The van der Waals surface area contributed by atoms with E-state index in [2.05, 4.69) is 0 Å². The monoisotopic (exact) mass is 338 g/mol. The van der Waals surface area contributed by atoms with Gasteiger partial charge in [0.1, 0.15) is 12.5 Å². The number of ether oxygens (including phenoxy) is 2. The van der Waals surface area contributed by atoms with Crippen LogP contribution in [0.3, 0.4) is 0 Å². The number of aliphatic hydroxyl groups is 2. The highest BCUT2D eigenvalue weighted by Gasteiger charge is 2.52. The predicted octanol–water partition coefficient (Wildman–Crippen LogP) is -2.64. The Morgan fingerprint density at radius 2 is 2.18 bits per heavy atom. The van der Waals surface area contributed by atoms with E-state index in [4.69, 9.17) is 19.3 Å². The summed E-state index contributed by atoms with van der Waals surface area (Å²) in [7, 11) is -4.47. The number of H-pyrrole nitrogens is 1. The summed E-state index contributed by atoms with van der Waals surface area (Å²) in [5.41, 5.74) is -1.59. The van der Waals surface area contributed by atoms with Gasteiger partial charge in [0.15, 0.2) is 6.10 Å². The molecule has 11 nitrogen and oxygen atoms in total. The smallest absolute Gasteiger partial charge is 0.350 e. The first kappa shape index (κ1) is 17.0. The van der Waals surface area contributed by atoms with Gasteiger partial charge in [-0.1, -0.05) is 0 Å². The molecule has 1 fully saturated rings. The molecule has 0 amide bonds. The third-order valence-electron chi connectivity index (χ3n) is 3.12. The summed E-state index contributed by atoms with van der Waals surface area (Å²) in [6, 6.07) is 0. The van der Waals surface area contributed by atoms with Crippen molar-refractivity contribution in [2.75, 3.05) is 13.0 Å². The zero-order chi connectivity index (χ0) is 16.7. The van der Waals surface area contributed by atoms with Crippen molar-refractivity contribution in [1.82, 2.24) is 9.55 Å². The molecule has 0 aromatic carbocycles. The maximum Gasteiger partial charge on any atom is 0.350 e. The zero-order valence-electron chi connectivity index (χ0n) is 11.4. The Labute approximate surface area is 122 Å². The summed E-state index contributed by atoms with van der Waals surface area (Å²) in [6.45, 7) is 0.962. The maximum absolute atomic E-state index is 11.7. The second kappa shape index (κ2) is 5.70. The average Bonchev–Trinajstić information content (AvgIpc) is 2.68. The van der Waals surface area contributed by atoms with Crippen molar-refractivity contribution in [1.29, 1.82) is 0 Å². The molecule has 1 aliphatic heterocycles. The van der Waals surface area contributed by atoms with E-state index in [1.165, 1.54) is 6.92 Å². The Kier molecular flexibility index (Phi) is 4.42. The maximum atomic E-state index is 11.7. The highest BCUT2D eigenvalue weighted by Crippen LogP contribution is 2.37.